The van der Waals surface area contributed by atoms with Crippen molar-refractivity contribution in [2.24, 2.45) is 11.3 Å². The lowest BCUT2D eigenvalue weighted by molar-refractivity contribution is -0.134. The first-order valence-corrected chi connectivity index (χ1v) is 7.67. The van der Waals surface area contributed by atoms with E-state index in [1.54, 1.807) is 18.2 Å². The van der Waals surface area contributed by atoms with E-state index in [1.807, 2.05) is 13.8 Å². The summed E-state index contributed by atoms with van der Waals surface area (Å²) in [5.74, 6) is -0.708. The molecule has 1 saturated carbocycles. The Balaban J connectivity index is 2.04. The number of benzene rings is 1. The molecule has 124 valence electrons. The Bertz CT molecular complexity index is 621. The summed E-state index contributed by atoms with van der Waals surface area (Å²) in [7, 11) is 1.30. The van der Waals surface area contributed by atoms with E-state index in [0.29, 0.717) is 36.6 Å². The van der Waals surface area contributed by atoms with Crippen LogP contribution in [0, 0.1) is 11.3 Å². The van der Waals surface area contributed by atoms with Crippen molar-refractivity contribution in [3.8, 4) is 0 Å². The summed E-state index contributed by atoms with van der Waals surface area (Å²) in [5, 5.41) is 5.54. The number of rotatable bonds is 6. The van der Waals surface area contributed by atoms with E-state index in [1.165, 1.54) is 13.2 Å². The molecule has 1 aromatic rings. The van der Waals surface area contributed by atoms with E-state index < -0.39 is 11.4 Å². The van der Waals surface area contributed by atoms with Crippen molar-refractivity contribution in [3.05, 3.63) is 29.8 Å². The molecule has 2 amide bonds. The van der Waals surface area contributed by atoms with Crippen molar-refractivity contribution in [2.75, 3.05) is 19.0 Å². The molecular formula is C17H22N2O4. The van der Waals surface area contributed by atoms with E-state index in [4.69, 9.17) is 0 Å². The van der Waals surface area contributed by atoms with Gasteiger partial charge in [-0.15, -0.1) is 0 Å². The molecule has 2 N–H and O–H groups in total. The molecule has 0 bridgehead atoms. The minimum Gasteiger partial charge on any atom is -0.465 e. The molecule has 0 saturated heterocycles. The first kappa shape index (κ1) is 17.0. The standard InChI is InChI=1S/C17H22N2O4/c1-11(2)10-18-15(21)17(7-8-17)16(22)19-13-6-4-5-12(9-13)14(20)23-3/h4-6,9,11H,7-8,10H2,1-3H3,(H,18,21)(H,19,22). The molecule has 0 spiro atoms. The Morgan fingerprint density at radius 3 is 2.48 bits per heavy atom. The number of carbonyl (C=O) groups is 3. The molecule has 2 rings (SSSR count). The molecule has 0 aliphatic heterocycles. The maximum atomic E-state index is 12.4. The van der Waals surface area contributed by atoms with E-state index in [9.17, 15) is 14.4 Å². The number of hydrogen-bond acceptors (Lipinski definition) is 4. The smallest absolute Gasteiger partial charge is 0.337 e. The zero-order valence-corrected chi connectivity index (χ0v) is 13.6. The average molecular weight is 318 g/mol. The first-order chi connectivity index (χ1) is 10.9. The molecule has 0 unspecified atom stereocenters. The summed E-state index contributed by atoms with van der Waals surface area (Å²) >= 11 is 0. The van der Waals surface area contributed by atoms with Crippen molar-refractivity contribution < 1.29 is 19.1 Å². The zero-order chi connectivity index (χ0) is 17.0. The van der Waals surface area contributed by atoms with Crippen LogP contribution in [-0.4, -0.2) is 31.4 Å². The molecule has 6 nitrogen and oxygen atoms in total. The minimum absolute atomic E-state index is 0.229. The largest absolute Gasteiger partial charge is 0.465 e. The summed E-state index contributed by atoms with van der Waals surface area (Å²) in [4.78, 5) is 36.2. The van der Waals surface area contributed by atoms with Crippen molar-refractivity contribution in [1.82, 2.24) is 5.32 Å². The predicted octanol–water partition coefficient (Wildman–Crippen LogP) is 1.96. The van der Waals surface area contributed by atoms with Crippen LogP contribution in [0.15, 0.2) is 24.3 Å². The molecule has 0 atom stereocenters. The van der Waals surface area contributed by atoms with Gasteiger partial charge in [0, 0.05) is 12.2 Å². The van der Waals surface area contributed by atoms with E-state index in [-0.39, 0.29) is 11.8 Å². The van der Waals surface area contributed by atoms with Gasteiger partial charge in [-0.25, -0.2) is 4.79 Å². The monoisotopic (exact) mass is 318 g/mol. The highest BCUT2D eigenvalue weighted by Gasteiger charge is 2.56. The maximum absolute atomic E-state index is 12.4. The summed E-state index contributed by atoms with van der Waals surface area (Å²) in [6.07, 6.45) is 1.08. The van der Waals surface area contributed by atoms with Gasteiger partial charge in [-0.05, 0) is 37.0 Å². The molecule has 1 fully saturated rings. The van der Waals surface area contributed by atoms with E-state index >= 15 is 0 Å². The van der Waals surface area contributed by atoms with Gasteiger partial charge in [0.25, 0.3) is 0 Å². The Morgan fingerprint density at radius 1 is 1.22 bits per heavy atom. The summed E-state index contributed by atoms with van der Waals surface area (Å²) in [6, 6.07) is 6.46. The maximum Gasteiger partial charge on any atom is 0.337 e. The molecule has 1 aliphatic carbocycles. The number of ether oxygens (including phenoxy) is 1. The molecule has 1 aliphatic rings. The minimum atomic E-state index is -0.976. The number of nitrogens with one attached hydrogen (secondary N) is 2. The fourth-order valence-corrected chi connectivity index (χ4v) is 2.24. The number of methoxy groups -OCH3 is 1. The molecule has 23 heavy (non-hydrogen) atoms. The fraction of sp³-hybridized carbons (Fsp3) is 0.471. The predicted molar refractivity (Wildman–Crippen MR) is 85.9 cm³/mol. The Labute approximate surface area is 135 Å². The Morgan fingerprint density at radius 2 is 1.91 bits per heavy atom. The van der Waals surface area contributed by atoms with E-state index in [0.717, 1.165) is 0 Å². The van der Waals surface area contributed by atoms with Crippen LogP contribution in [0.1, 0.15) is 37.0 Å². The van der Waals surface area contributed by atoms with Gasteiger partial charge in [0.1, 0.15) is 5.41 Å². The lowest BCUT2D eigenvalue weighted by Crippen LogP contribution is -2.41. The summed E-state index contributed by atoms with van der Waals surface area (Å²) < 4.78 is 4.65. The van der Waals surface area contributed by atoms with Gasteiger partial charge >= 0.3 is 5.97 Å². The second-order valence-electron chi connectivity index (χ2n) is 6.21. The molecule has 0 heterocycles. The van der Waals surface area contributed by atoms with Gasteiger partial charge in [0.2, 0.25) is 11.8 Å². The highest BCUT2D eigenvalue weighted by Crippen LogP contribution is 2.46. The normalized spacial score (nSPS) is 15.0. The number of hydrogen-bond donors (Lipinski definition) is 2. The van der Waals surface area contributed by atoms with Gasteiger partial charge < -0.3 is 15.4 Å². The van der Waals surface area contributed by atoms with Gasteiger partial charge in [-0.3, -0.25) is 9.59 Å². The fourth-order valence-electron chi connectivity index (χ4n) is 2.24. The number of anilines is 1. The highest BCUT2D eigenvalue weighted by atomic mass is 16.5. The van der Waals surface area contributed by atoms with Crippen molar-refractivity contribution in [1.29, 1.82) is 0 Å². The quantitative estimate of drug-likeness (QED) is 0.620. The van der Waals surface area contributed by atoms with Crippen molar-refractivity contribution in [2.45, 2.75) is 26.7 Å². The average Bonchev–Trinajstić information content (AvgIpc) is 3.33. The Kier molecular flexibility index (Phi) is 5.03. The number of carbonyl (C=O) groups excluding carboxylic acids is 3. The second kappa shape index (κ2) is 6.81. The topological polar surface area (TPSA) is 84.5 Å². The first-order valence-electron chi connectivity index (χ1n) is 7.67. The van der Waals surface area contributed by atoms with E-state index in [2.05, 4.69) is 15.4 Å². The lowest BCUT2D eigenvalue weighted by atomic mass is 10.0. The van der Waals surface area contributed by atoms with Crippen LogP contribution >= 0.6 is 0 Å². The third kappa shape index (κ3) is 3.88. The zero-order valence-electron chi connectivity index (χ0n) is 13.6. The van der Waals surface area contributed by atoms with Gasteiger partial charge in [0.15, 0.2) is 0 Å². The van der Waals surface area contributed by atoms with Crippen LogP contribution in [-0.2, 0) is 14.3 Å². The van der Waals surface area contributed by atoms with Gasteiger partial charge in [-0.2, -0.15) is 0 Å². The van der Waals surface area contributed by atoms with Crippen LogP contribution < -0.4 is 10.6 Å². The molecule has 1 aromatic carbocycles. The molecule has 6 heteroatoms. The third-order valence-corrected chi connectivity index (χ3v) is 3.83. The van der Waals surface area contributed by atoms with Crippen LogP contribution in [0.2, 0.25) is 0 Å². The summed E-state index contributed by atoms with van der Waals surface area (Å²) in [6.45, 7) is 4.54. The highest BCUT2D eigenvalue weighted by molar-refractivity contribution is 6.13. The lowest BCUT2D eigenvalue weighted by Gasteiger charge is -2.16. The van der Waals surface area contributed by atoms with Gasteiger partial charge in [-0.1, -0.05) is 19.9 Å². The van der Waals surface area contributed by atoms with Crippen molar-refractivity contribution >= 4 is 23.5 Å². The molecule has 0 aromatic heterocycles. The van der Waals surface area contributed by atoms with Crippen molar-refractivity contribution in [3.63, 3.8) is 0 Å². The van der Waals surface area contributed by atoms with Crippen LogP contribution in [0.25, 0.3) is 0 Å². The third-order valence-electron chi connectivity index (χ3n) is 3.83. The number of amides is 2. The molecule has 0 radical (unpaired) electrons. The Hall–Kier alpha value is -2.37. The van der Waals surface area contributed by atoms with Crippen LogP contribution in [0.4, 0.5) is 5.69 Å². The van der Waals surface area contributed by atoms with Crippen LogP contribution in [0.5, 0.6) is 0 Å². The van der Waals surface area contributed by atoms with Crippen LogP contribution in [0.3, 0.4) is 0 Å². The number of esters is 1. The second-order valence-corrected chi connectivity index (χ2v) is 6.21. The SMILES string of the molecule is COC(=O)c1cccc(NC(=O)C2(C(=O)NCC(C)C)CC2)c1. The summed E-state index contributed by atoms with van der Waals surface area (Å²) in [5.41, 5.74) is -0.156. The van der Waals surface area contributed by atoms with Gasteiger partial charge in [0.05, 0.1) is 12.7 Å². The molecular weight excluding hydrogens is 296 g/mol.